The molecule has 28 heavy (non-hydrogen) atoms. The molecule has 7 nitrogen and oxygen atoms in total. The highest BCUT2D eigenvalue weighted by Crippen LogP contribution is 2.33. The van der Waals surface area contributed by atoms with Gasteiger partial charge in [-0.2, -0.15) is 0 Å². The predicted octanol–water partition coefficient (Wildman–Crippen LogP) is 2.80. The van der Waals surface area contributed by atoms with E-state index in [9.17, 15) is 9.59 Å². The van der Waals surface area contributed by atoms with E-state index >= 15 is 0 Å². The minimum atomic E-state index is -0.172. The van der Waals surface area contributed by atoms with E-state index in [2.05, 4.69) is 15.1 Å². The summed E-state index contributed by atoms with van der Waals surface area (Å²) in [6.45, 7) is 7.48. The molecule has 0 unspecified atom stereocenters. The second kappa shape index (κ2) is 8.47. The van der Waals surface area contributed by atoms with Crippen LogP contribution in [0.15, 0.2) is 0 Å². The third-order valence-corrected chi connectivity index (χ3v) is 7.10. The normalized spacial score (nSPS) is 30.5. The van der Waals surface area contributed by atoms with Crippen LogP contribution in [0.3, 0.4) is 0 Å². The molecule has 1 N–H and O–H groups in total. The Bertz CT molecular complexity index is 568. The van der Waals surface area contributed by atoms with Gasteiger partial charge in [-0.05, 0) is 52.4 Å². The number of urea groups is 1. The fourth-order valence-electron chi connectivity index (χ4n) is 5.65. The van der Waals surface area contributed by atoms with Crippen molar-refractivity contribution in [1.82, 2.24) is 20.0 Å². The van der Waals surface area contributed by atoms with Gasteiger partial charge in [0.15, 0.2) is 0 Å². The Kier molecular flexibility index (Phi) is 5.99. The van der Waals surface area contributed by atoms with Crippen molar-refractivity contribution in [2.75, 3.05) is 26.2 Å². The van der Waals surface area contributed by atoms with Crippen LogP contribution >= 0.6 is 0 Å². The molecule has 1 saturated carbocycles. The topological polar surface area (TPSA) is 65.1 Å². The number of carbonyl (C=O) groups is 2. The Labute approximate surface area is 168 Å². The van der Waals surface area contributed by atoms with Crippen LogP contribution in [0, 0.1) is 0 Å². The standard InChI is InChI=1S/C21H36N4O3/c1-15(2)28-21(27)24-13-7-16(8-14-24)23-11-9-17(10-12-23)25-19-6-4-3-5-18(19)22-20(25)26/h15-19H,3-14H2,1-2H3,(H,22,26)/t18-,19-/m1/s1. The molecule has 4 fully saturated rings. The van der Waals surface area contributed by atoms with E-state index in [1.165, 1.54) is 12.8 Å². The first-order valence-electron chi connectivity index (χ1n) is 11.3. The van der Waals surface area contributed by atoms with Crippen LogP contribution in [0.1, 0.15) is 65.2 Å². The quantitative estimate of drug-likeness (QED) is 0.802. The van der Waals surface area contributed by atoms with Crippen molar-refractivity contribution in [3.05, 3.63) is 0 Å². The molecule has 2 atom stereocenters. The van der Waals surface area contributed by atoms with Gasteiger partial charge in [-0.1, -0.05) is 12.8 Å². The highest BCUT2D eigenvalue weighted by molar-refractivity contribution is 5.78. The largest absolute Gasteiger partial charge is 0.447 e. The maximum absolute atomic E-state index is 12.6. The van der Waals surface area contributed by atoms with Crippen molar-refractivity contribution in [3.8, 4) is 0 Å². The van der Waals surface area contributed by atoms with Gasteiger partial charge in [-0.3, -0.25) is 0 Å². The van der Waals surface area contributed by atoms with Gasteiger partial charge >= 0.3 is 12.1 Å². The molecule has 0 aromatic heterocycles. The summed E-state index contributed by atoms with van der Waals surface area (Å²) in [5.74, 6) is 0. The van der Waals surface area contributed by atoms with Crippen molar-refractivity contribution in [2.24, 2.45) is 0 Å². The van der Waals surface area contributed by atoms with E-state index in [0.29, 0.717) is 24.2 Å². The molecule has 158 valence electrons. The van der Waals surface area contributed by atoms with Crippen molar-refractivity contribution >= 4 is 12.1 Å². The summed E-state index contributed by atoms with van der Waals surface area (Å²) in [6.07, 6.45) is 8.77. The Morgan fingerprint density at radius 2 is 1.61 bits per heavy atom. The highest BCUT2D eigenvalue weighted by atomic mass is 16.6. The van der Waals surface area contributed by atoms with Gasteiger partial charge in [-0.15, -0.1) is 0 Å². The zero-order valence-corrected chi connectivity index (χ0v) is 17.4. The third-order valence-electron chi connectivity index (χ3n) is 7.10. The van der Waals surface area contributed by atoms with Crippen molar-refractivity contribution in [3.63, 3.8) is 0 Å². The van der Waals surface area contributed by atoms with Crippen LogP contribution in [-0.4, -0.2) is 83.3 Å². The van der Waals surface area contributed by atoms with E-state index in [0.717, 1.165) is 64.7 Å². The number of fused-ring (bicyclic) bond motifs is 1. The molecule has 3 saturated heterocycles. The molecule has 3 heterocycles. The Morgan fingerprint density at radius 3 is 2.29 bits per heavy atom. The number of hydrogen-bond donors (Lipinski definition) is 1. The lowest BCUT2D eigenvalue weighted by Gasteiger charge is -2.44. The summed E-state index contributed by atoms with van der Waals surface area (Å²) in [4.78, 5) is 31.3. The van der Waals surface area contributed by atoms with Crippen molar-refractivity contribution < 1.29 is 14.3 Å². The summed E-state index contributed by atoms with van der Waals surface area (Å²) in [5, 5.41) is 3.23. The van der Waals surface area contributed by atoms with E-state index < -0.39 is 0 Å². The summed E-state index contributed by atoms with van der Waals surface area (Å²) < 4.78 is 5.32. The molecule has 4 rings (SSSR count). The minimum absolute atomic E-state index is 0.0594. The number of carbonyl (C=O) groups excluding carboxylic acids is 2. The molecule has 0 aromatic rings. The van der Waals surface area contributed by atoms with Crippen LogP contribution in [0.5, 0.6) is 0 Å². The van der Waals surface area contributed by atoms with Crippen LogP contribution in [0.25, 0.3) is 0 Å². The fourth-order valence-corrected chi connectivity index (χ4v) is 5.65. The van der Waals surface area contributed by atoms with Gasteiger partial charge in [0.1, 0.15) is 0 Å². The molecule has 1 aliphatic carbocycles. The molecule has 3 amide bonds. The molecular weight excluding hydrogens is 356 g/mol. The van der Waals surface area contributed by atoms with Gasteiger partial charge in [0, 0.05) is 38.3 Å². The van der Waals surface area contributed by atoms with E-state index in [-0.39, 0.29) is 18.2 Å². The molecule has 0 spiro atoms. The lowest BCUT2D eigenvalue weighted by Crippen LogP contribution is -2.53. The van der Waals surface area contributed by atoms with Gasteiger partial charge in [-0.25, -0.2) is 9.59 Å². The maximum Gasteiger partial charge on any atom is 0.410 e. The average Bonchev–Trinajstić information content (AvgIpc) is 3.03. The lowest BCUT2D eigenvalue weighted by atomic mass is 9.89. The number of rotatable bonds is 3. The van der Waals surface area contributed by atoms with Crippen LogP contribution < -0.4 is 5.32 Å². The molecule has 0 bridgehead atoms. The molecule has 4 aliphatic rings. The smallest absolute Gasteiger partial charge is 0.410 e. The summed E-state index contributed by atoms with van der Waals surface area (Å²) in [5.41, 5.74) is 0. The predicted molar refractivity (Wildman–Crippen MR) is 107 cm³/mol. The minimum Gasteiger partial charge on any atom is -0.447 e. The van der Waals surface area contributed by atoms with E-state index in [1.807, 2.05) is 18.7 Å². The molecule has 7 heteroatoms. The van der Waals surface area contributed by atoms with Gasteiger partial charge in [0.05, 0.1) is 18.2 Å². The van der Waals surface area contributed by atoms with Crippen molar-refractivity contribution in [2.45, 2.75) is 95.5 Å². The van der Waals surface area contributed by atoms with E-state index in [4.69, 9.17) is 4.74 Å². The summed E-state index contributed by atoms with van der Waals surface area (Å²) >= 11 is 0. The molecular formula is C21H36N4O3. The number of likely N-dealkylation sites (tertiary alicyclic amines) is 2. The summed E-state index contributed by atoms with van der Waals surface area (Å²) in [6, 6.07) is 1.93. The number of nitrogens with zero attached hydrogens (tertiary/aromatic N) is 3. The zero-order valence-electron chi connectivity index (χ0n) is 17.4. The number of amides is 3. The van der Waals surface area contributed by atoms with Crippen LogP contribution in [0.2, 0.25) is 0 Å². The molecule has 0 aromatic carbocycles. The van der Waals surface area contributed by atoms with Crippen molar-refractivity contribution in [1.29, 1.82) is 0 Å². The van der Waals surface area contributed by atoms with Gasteiger partial charge < -0.3 is 24.8 Å². The van der Waals surface area contributed by atoms with Gasteiger partial charge in [0.2, 0.25) is 0 Å². The zero-order chi connectivity index (χ0) is 19.7. The highest BCUT2D eigenvalue weighted by Gasteiger charge is 2.44. The average molecular weight is 393 g/mol. The van der Waals surface area contributed by atoms with Gasteiger partial charge in [0.25, 0.3) is 0 Å². The number of hydrogen-bond acceptors (Lipinski definition) is 4. The van der Waals surface area contributed by atoms with Crippen LogP contribution in [-0.2, 0) is 4.74 Å². The second-order valence-corrected chi connectivity index (χ2v) is 9.23. The third kappa shape index (κ3) is 4.09. The number of ether oxygens (including phenoxy) is 1. The Hall–Kier alpha value is -1.50. The Balaban J connectivity index is 1.25. The molecule has 0 radical (unpaired) electrons. The second-order valence-electron chi connectivity index (χ2n) is 9.23. The summed E-state index contributed by atoms with van der Waals surface area (Å²) in [7, 11) is 0. The SMILES string of the molecule is CC(C)OC(=O)N1CCC(N2CCC(N3C(=O)N[C@@H]4CCCC[C@H]43)CC2)CC1. The Morgan fingerprint density at radius 1 is 0.964 bits per heavy atom. The number of piperidine rings is 2. The monoisotopic (exact) mass is 392 g/mol. The van der Waals surface area contributed by atoms with Crippen LogP contribution in [0.4, 0.5) is 9.59 Å². The first kappa shape index (κ1) is 19.8. The number of nitrogens with one attached hydrogen (secondary N) is 1. The molecule has 3 aliphatic heterocycles. The first-order chi connectivity index (χ1) is 13.5. The fraction of sp³-hybridized carbons (Fsp3) is 0.905. The maximum atomic E-state index is 12.6. The van der Waals surface area contributed by atoms with E-state index in [1.54, 1.807) is 0 Å². The first-order valence-corrected chi connectivity index (χ1v) is 11.3. The lowest BCUT2D eigenvalue weighted by molar-refractivity contribution is 0.0400.